The zero-order chi connectivity index (χ0) is 29.2. The summed E-state index contributed by atoms with van der Waals surface area (Å²) in [6.45, 7) is 7.63. The molecule has 0 atom stereocenters. The van der Waals surface area contributed by atoms with Crippen LogP contribution in [0.1, 0.15) is 35.6 Å². The van der Waals surface area contributed by atoms with Crippen molar-refractivity contribution in [3.05, 3.63) is 107 Å². The zero-order valence-electron chi connectivity index (χ0n) is 23.7. The van der Waals surface area contributed by atoms with E-state index in [-0.39, 0.29) is 11.9 Å². The third-order valence-electron chi connectivity index (χ3n) is 6.60. The minimum atomic E-state index is -0.366. The number of hydrogen-bond donors (Lipinski definition) is 5. The van der Waals surface area contributed by atoms with E-state index in [9.17, 15) is 4.79 Å². The van der Waals surface area contributed by atoms with Gasteiger partial charge in [0.05, 0.1) is 5.69 Å². The summed E-state index contributed by atoms with van der Waals surface area (Å²) < 4.78 is 0. The predicted octanol–water partition coefficient (Wildman–Crippen LogP) is 7.33. The van der Waals surface area contributed by atoms with Crippen LogP contribution in [0.25, 0.3) is 11.3 Å². The number of aromatic nitrogens is 1. The van der Waals surface area contributed by atoms with E-state index >= 15 is 0 Å². The van der Waals surface area contributed by atoms with E-state index in [1.54, 1.807) is 0 Å². The molecular formula is C32H36N8O. The maximum Gasteiger partial charge on any atom is 0.323 e. The average molecular weight is 549 g/mol. The highest BCUT2D eigenvalue weighted by Gasteiger charge is 2.17. The molecule has 5 N–H and O–H groups in total. The van der Waals surface area contributed by atoms with E-state index in [0.717, 1.165) is 42.9 Å². The molecule has 9 nitrogen and oxygen atoms in total. The van der Waals surface area contributed by atoms with Crippen LogP contribution in [0.2, 0.25) is 0 Å². The van der Waals surface area contributed by atoms with Crippen molar-refractivity contribution in [2.45, 2.75) is 33.6 Å². The van der Waals surface area contributed by atoms with Crippen LogP contribution in [0.5, 0.6) is 0 Å². The lowest BCUT2D eigenvalue weighted by Gasteiger charge is -2.25. The number of urea groups is 1. The van der Waals surface area contributed by atoms with Gasteiger partial charge < -0.3 is 15.5 Å². The second-order valence-corrected chi connectivity index (χ2v) is 9.91. The van der Waals surface area contributed by atoms with Crippen LogP contribution in [0.3, 0.4) is 0 Å². The number of carbonyl (C=O) groups is 1. The Bertz CT molecular complexity index is 1500. The largest absolute Gasteiger partial charge is 0.356 e. The number of benzene rings is 3. The van der Waals surface area contributed by atoms with E-state index < -0.39 is 0 Å². The first kappa shape index (κ1) is 28.9. The Balaban J connectivity index is 1.73. The predicted molar refractivity (Wildman–Crippen MR) is 166 cm³/mol. The fraction of sp³-hybridized carbons (Fsp3) is 0.219. The van der Waals surface area contributed by atoms with Crippen molar-refractivity contribution >= 4 is 29.1 Å². The number of pyridine rings is 1. The quantitative estimate of drug-likeness (QED) is 0.0581. The Kier molecular flexibility index (Phi) is 9.77. The minimum absolute atomic E-state index is 0.0108. The number of anilines is 3. The Morgan fingerprint density at radius 1 is 0.878 bits per heavy atom. The highest BCUT2D eigenvalue weighted by Crippen LogP contribution is 2.30. The summed E-state index contributed by atoms with van der Waals surface area (Å²) in [7, 11) is 0. The molecule has 0 aliphatic carbocycles. The Hall–Kier alpha value is -5.05. The van der Waals surface area contributed by atoms with Gasteiger partial charge in [-0.25, -0.2) is 15.2 Å². The van der Waals surface area contributed by atoms with E-state index in [0.29, 0.717) is 28.2 Å². The molecule has 210 valence electrons. The van der Waals surface area contributed by atoms with Crippen molar-refractivity contribution in [3.63, 3.8) is 0 Å². The maximum atomic E-state index is 13.0. The van der Waals surface area contributed by atoms with Crippen LogP contribution in [0.15, 0.2) is 90.2 Å². The smallest absolute Gasteiger partial charge is 0.323 e. The normalized spacial score (nSPS) is 10.5. The van der Waals surface area contributed by atoms with Gasteiger partial charge in [0, 0.05) is 41.7 Å². The lowest BCUT2D eigenvalue weighted by molar-refractivity contribution is 0.262. The van der Waals surface area contributed by atoms with Crippen molar-refractivity contribution in [3.8, 4) is 11.3 Å². The fourth-order valence-corrected chi connectivity index (χ4v) is 4.54. The first-order chi connectivity index (χ1) is 19.9. The molecule has 0 unspecified atom stereocenters. The summed E-state index contributed by atoms with van der Waals surface area (Å²) in [4.78, 5) is 20.3. The molecule has 0 saturated heterocycles. The molecule has 4 aromatic rings. The number of amidine groups is 1. The van der Waals surface area contributed by atoms with Gasteiger partial charge in [-0.2, -0.15) is 5.53 Å². The standard InChI is InChI=1S/C32H36N8O/c1-4-17-40(18-16-24-8-6-5-7-9-24)30-21-26(36-32(41)35-25-13-10-22(2)11-14-25)20-29(37-30)28-19-23(3)12-15-27(28)31(33)38-39-34/h5-15,19-21H,4,16-18H2,1-3H3,(H3,33,34,38)(H2,35,36,37,41). The molecule has 0 bridgehead atoms. The van der Waals surface area contributed by atoms with Crippen LogP contribution in [0, 0.1) is 24.8 Å². The highest BCUT2D eigenvalue weighted by molar-refractivity contribution is 6.03. The molecule has 9 heteroatoms. The number of amides is 2. The second kappa shape index (κ2) is 13.8. The molecule has 0 spiro atoms. The van der Waals surface area contributed by atoms with Gasteiger partial charge in [0.15, 0.2) is 0 Å². The maximum absolute atomic E-state index is 13.0. The van der Waals surface area contributed by atoms with E-state index in [1.165, 1.54) is 5.56 Å². The Morgan fingerprint density at radius 2 is 1.59 bits per heavy atom. The van der Waals surface area contributed by atoms with E-state index in [1.807, 2.05) is 86.6 Å². The number of carbonyl (C=O) groups excluding carboxylic acids is 1. The fourth-order valence-electron chi connectivity index (χ4n) is 4.54. The summed E-state index contributed by atoms with van der Waals surface area (Å²) in [6.07, 6.45) is 1.77. The van der Waals surface area contributed by atoms with Crippen LogP contribution < -0.4 is 21.0 Å². The van der Waals surface area contributed by atoms with Crippen molar-refractivity contribution in [2.75, 3.05) is 28.6 Å². The van der Waals surface area contributed by atoms with Crippen LogP contribution in [-0.2, 0) is 6.42 Å². The lowest BCUT2D eigenvalue weighted by Crippen LogP contribution is -2.28. The van der Waals surface area contributed by atoms with E-state index in [2.05, 4.69) is 45.2 Å². The number of nitrogens with zero attached hydrogens (tertiary/aromatic N) is 3. The first-order valence-corrected chi connectivity index (χ1v) is 13.6. The molecule has 0 saturated carbocycles. The minimum Gasteiger partial charge on any atom is -0.356 e. The van der Waals surface area contributed by atoms with Crippen molar-refractivity contribution in [1.82, 2.24) is 10.4 Å². The van der Waals surface area contributed by atoms with Crippen LogP contribution >= 0.6 is 0 Å². The van der Waals surface area contributed by atoms with Gasteiger partial charge in [0.1, 0.15) is 11.7 Å². The zero-order valence-corrected chi connectivity index (χ0v) is 23.7. The molecule has 3 aromatic carbocycles. The van der Waals surface area contributed by atoms with Gasteiger partial charge in [0.2, 0.25) is 0 Å². The second-order valence-electron chi connectivity index (χ2n) is 9.91. The lowest BCUT2D eigenvalue weighted by atomic mass is 10.00. The summed E-state index contributed by atoms with van der Waals surface area (Å²) in [6, 6.07) is 26.9. The van der Waals surface area contributed by atoms with Crippen LogP contribution in [-0.4, -0.2) is 29.9 Å². The number of aryl methyl sites for hydroxylation is 2. The molecule has 0 aliphatic rings. The summed E-state index contributed by atoms with van der Waals surface area (Å²) in [5.41, 5.74) is 16.1. The average Bonchev–Trinajstić information content (AvgIpc) is 2.97. The van der Waals surface area contributed by atoms with E-state index in [4.69, 9.17) is 15.9 Å². The molecule has 4 rings (SSSR count). The molecule has 1 heterocycles. The van der Waals surface area contributed by atoms with Crippen molar-refractivity contribution in [1.29, 1.82) is 10.9 Å². The topological polar surface area (TPSA) is 129 Å². The number of hydrogen-bond acceptors (Lipinski definition) is 6. The highest BCUT2D eigenvalue weighted by atomic mass is 16.2. The molecule has 2 amide bonds. The summed E-state index contributed by atoms with van der Waals surface area (Å²) in [5, 5.41) is 17.5. The third-order valence-corrected chi connectivity index (χ3v) is 6.60. The number of rotatable bonds is 11. The molecule has 0 fully saturated rings. The van der Waals surface area contributed by atoms with Gasteiger partial charge in [-0.1, -0.05) is 77.9 Å². The molecule has 0 radical (unpaired) electrons. The van der Waals surface area contributed by atoms with Gasteiger partial charge >= 0.3 is 6.03 Å². The summed E-state index contributed by atoms with van der Waals surface area (Å²) in [5.74, 6) is 0.714. The van der Waals surface area contributed by atoms with Crippen molar-refractivity contribution in [2.24, 2.45) is 5.22 Å². The Labute approximate surface area is 241 Å². The van der Waals surface area contributed by atoms with Gasteiger partial charge in [0.25, 0.3) is 0 Å². The third kappa shape index (κ3) is 7.98. The molecule has 0 aliphatic heterocycles. The molecule has 41 heavy (non-hydrogen) atoms. The van der Waals surface area contributed by atoms with Crippen molar-refractivity contribution < 1.29 is 4.79 Å². The Morgan fingerprint density at radius 3 is 2.29 bits per heavy atom. The number of nitrogens with one attached hydrogen (secondary N) is 5. The first-order valence-electron chi connectivity index (χ1n) is 13.6. The van der Waals surface area contributed by atoms with Gasteiger partial charge in [-0.3, -0.25) is 5.41 Å². The summed E-state index contributed by atoms with van der Waals surface area (Å²) >= 11 is 0. The van der Waals surface area contributed by atoms with Gasteiger partial charge in [-0.15, -0.1) is 0 Å². The van der Waals surface area contributed by atoms with Gasteiger partial charge in [-0.05, 0) is 56.5 Å². The molecular weight excluding hydrogens is 512 g/mol. The monoisotopic (exact) mass is 548 g/mol. The SMILES string of the molecule is CCCN(CCc1ccccc1)c1cc(NC(=O)Nc2ccc(C)cc2)cc(-c2cc(C)ccc2C(=N)NN=N)n1. The van der Waals surface area contributed by atoms with Crippen LogP contribution in [0.4, 0.5) is 22.0 Å². The molecule has 1 aromatic heterocycles.